The van der Waals surface area contributed by atoms with Crippen molar-refractivity contribution in [3.05, 3.63) is 66.4 Å². The molecule has 29 heavy (non-hydrogen) atoms. The quantitative estimate of drug-likeness (QED) is 0.655. The summed E-state index contributed by atoms with van der Waals surface area (Å²) >= 11 is 0. The van der Waals surface area contributed by atoms with Gasteiger partial charge in [0, 0.05) is 18.7 Å². The monoisotopic (exact) mass is 387 g/mol. The van der Waals surface area contributed by atoms with E-state index >= 15 is 0 Å². The van der Waals surface area contributed by atoms with Crippen LogP contribution in [0, 0.1) is 17.4 Å². The number of carbonyl (C=O) groups is 1. The molecule has 0 aliphatic carbocycles. The van der Waals surface area contributed by atoms with Crippen molar-refractivity contribution in [1.82, 2.24) is 20.4 Å². The zero-order valence-electron chi connectivity index (χ0n) is 16.0. The molecular formula is C22H21N5O2. The lowest BCUT2D eigenvalue weighted by Gasteiger charge is -2.14. The van der Waals surface area contributed by atoms with E-state index in [1.54, 1.807) is 11.0 Å². The first-order valence-corrected chi connectivity index (χ1v) is 9.47. The molecule has 0 unspecified atom stereocenters. The van der Waals surface area contributed by atoms with Crippen molar-refractivity contribution in [2.75, 3.05) is 13.1 Å². The number of hydrogen-bond acceptors (Lipinski definition) is 5. The second-order valence-corrected chi connectivity index (χ2v) is 7.14. The highest BCUT2D eigenvalue weighted by Crippen LogP contribution is 2.32. The minimum Gasteiger partial charge on any atom is -0.457 e. The summed E-state index contributed by atoms with van der Waals surface area (Å²) in [5.41, 5.74) is 1.79. The molecule has 2 atom stereocenters. The summed E-state index contributed by atoms with van der Waals surface area (Å²) in [7, 11) is 0. The lowest BCUT2D eigenvalue weighted by Crippen LogP contribution is -2.39. The van der Waals surface area contributed by atoms with Gasteiger partial charge in [-0.2, -0.15) is 10.4 Å². The largest absolute Gasteiger partial charge is 0.457 e. The maximum Gasteiger partial charge on any atom is 0.269 e. The maximum absolute atomic E-state index is 12.6. The van der Waals surface area contributed by atoms with Crippen LogP contribution in [0.1, 0.15) is 17.4 Å². The minimum absolute atomic E-state index is 0.0670. The Kier molecular flexibility index (Phi) is 5.16. The van der Waals surface area contributed by atoms with E-state index in [0.29, 0.717) is 30.2 Å². The van der Waals surface area contributed by atoms with E-state index in [1.165, 1.54) is 0 Å². The van der Waals surface area contributed by atoms with E-state index < -0.39 is 0 Å². The lowest BCUT2D eigenvalue weighted by molar-refractivity contribution is 0.0927. The summed E-state index contributed by atoms with van der Waals surface area (Å²) in [5, 5.41) is 19.2. The molecule has 2 N–H and O–H groups in total. The average molecular weight is 387 g/mol. The van der Waals surface area contributed by atoms with Crippen molar-refractivity contribution in [2.24, 2.45) is 5.92 Å². The number of nitrogens with zero attached hydrogens (tertiary/aromatic N) is 3. The smallest absolute Gasteiger partial charge is 0.269 e. The van der Waals surface area contributed by atoms with Crippen LogP contribution >= 0.6 is 0 Å². The fraction of sp³-hybridized carbons (Fsp3) is 0.227. The van der Waals surface area contributed by atoms with Crippen molar-refractivity contribution in [3.8, 4) is 28.9 Å². The molecule has 1 fully saturated rings. The highest BCUT2D eigenvalue weighted by Gasteiger charge is 2.30. The third-order valence-electron chi connectivity index (χ3n) is 5.03. The van der Waals surface area contributed by atoms with Crippen molar-refractivity contribution in [2.45, 2.75) is 13.0 Å². The molecule has 7 nitrogen and oxygen atoms in total. The first-order chi connectivity index (χ1) is 14.1. The first-order valence-electron chi connectivity index (χ1n) is 9.47. The first kappa shape index (κ1) is 18.6. The Morgan fingerprint density at radius 2 is 1.97 bits per heavy atom. The second-order valence-electron chi connectivity index (χ2n) is 7.14. The fourth-order valence-corrected chi connectivity index (χ4v) is 3.44. The van der Waals surface area contributed by atoms with Gasteiger partial charge in [0.2, 0.25) is 0 Å². The van der Waals surface area contributed by atoms with E-state index in [9.17, 15) is 4.79 Å². The summed E-state index contributed by atoms with van der Waals surface area (Å²) in [5.74, 6) is 1.36. The van der Waals surface area contributed by atoms with Gasteiger partial charge in [-0.15, -0.1) is 0 Å². The van der Waals surface area contributed by atoms with E-state index in [0.717, 1.165) is 11.3 Å². The third kappa shape index (κ3) is 4.06. The Hall–Kier alpha value is -3.79. The van der Waals surface area contributed by atoms with Crippen LogP contribution in [0.5, 0.6) is 11.5 Å². The molecule has 2 heterocycles. The van der Waals surface area contributed by atoms with Crippen molar-refractivity contribution >= 4 is 5.91 Å². The highest BCUT2D eigenvalue weighted by molar-refractivity contribution is 5.93. The molecule has 0 bridgehead atoms. The number of ether oxygens (including phenoxy) is 1. The molecule has 0 spiro atoms. The maximum atomic E-state index is 12.6. The van der Waals surface area contributed by atoms with Crippen LogP contribution in [0.4, 0.5) is 0 Å². The van der Waals surface area contributed by atoms with Crippen LogP contribution in [0.2, 0.25) is 0 Å². The SMILES string of the molecule is C[C@@H]1CN(C#N)C[C@H]1NC(=O)c1cc(-c2ccccc2Oc2ccccc2)n[nH]1. The Morgan fingerprint density at radius 3 is 2.72 bits per heavy atom. The summed E-state index contributed by atoms with van der Waals surface area (Å²) in [6.07, 6.45) is 2.14. The van der Waals surface area contributed by atoms with Crippen LogP contribution in [0.25, 0.3) is 11.3 Å². The molecule has 1 aromatic heterocycles. The van der Waals surface area contributed by atoms with Crippen LogP contribution in [-0.4, -0.2) is 40.1 Å². The summed E-state index contributed by atoms with van der Waals surface area (Å²) in [4.78, 5) is 14.3. The van der Waals surface area contributed by atoms with Gasteiger partial charge in [0.1, 0.15) is 17.2 Å². The van der Waals surface area contributed by atoms with Crippen molar-refractivity contribution < 1.29 is 9.53 Å². The molecule has 1 saturated heterocycles. The zero-order chi connectivity index (χ0) is 20.2. The van der Waals surface area contributed by atoms with Crippen LogP contribution in [0.3, 0.4) is 0 Å². The predicted octanol–water partition coefficient (Wildman–Crippen LogP) is 3.40. The number of amides is 1. The summed E-state index contributed by atoms with van der Waals surface area (Å²) in [6, 6.07) is 18.7. The van der Waals surface area contributed by atoms with Gasteiger partial charge in [0.25, 0.3) is 5.91 Å². The van der Waals surface area contributed by atoms with Gasteiger partial charge in [-0.3, -0.25) is 9.89 Å². The molecule has 7 heteroatoms. The number of nitriles is 1. The minimum atomic E-state index is -0.234. The van der Waals surface area contributed by atoms with Crippen LogP contribution < -0.4 is 10.1 Å². The van der Waals surface area contributed by atoms with E-state index in [-0.39, 0.29) is 17.9 Å². The highest BCUT2D eigenvalue weighted by atomic mass is 16.5. The Bertz CT molecular complexity index is 1040. The molecule has 0 radical (unpaired) electrons. The van der Waals surface area contributed by atoms with Gasteiger partial charge in [-0.25, -0.2) is 0 Å². The fourth-order valence-electron chi connectivity index (χ4n) is 3.44. The Morgan fingerprint density at radius 1 is 1.21 bits per heavy atom. The lowest BCUT2D eigenvalue weighted by atomic mass is 10.1. The summed E-state index contributed by atoms with van der Waals surface area (Å²) < 4.78 is 5.99. The molecule has 1 aliphatic rings. The number of nitrogens with one attached hydrogen (secondary N) is 2. The predicted molar refractivity (Wildman–Crippen MR) is 108 cm³/mol. The number of para-hydroxylation sites is 2. The Balaban J connectivity index is 1.51. The van der Waals surface area contributed by atoms with Crippen LogP contribution in [-0.2, 0) is 0 Å². The molecule has 2 aromatic carbocycles. The van der Waals surface area contributed by atoms with Gasteiger partial charge >= 0.3 is 0 Å². The number of aromatic amines is 1. The number of carbonyl (C=O) groups excluding carboxylic acids is 1. The van der Waals surface area contributed by atoms with E-state index in [1.807, 2.05) is 61.5 Å². The van der Waals surface area contributed by atoms with E-state index in [2.05, 4.69) is 21.7 Å². The zero-order valence-corrected chi connectivity index (χ0v) is 16.0. The van der Waals surface area contributed by atoms with Gasteiger partial charge in [0.15, 0.2) is 6.19 Å². The van der Waals surface area contributed by atoms with Gasteiger partial charge in [0.05, 0.1) is 11.7 Å². The van der Waals surface area contributed by atoms with Crippen LogP contribution in [0.15, 0.2) is 60.7 Å². The molecule has 0 saturated carbocycles. The van der Waals surface area contributed by atoms with Crippen molar-refractivity contribution in [1.29, 1.82) is 5.26 Å². The van der Waals surface area contributed by atoms with E-state index in [4.69, 9.17) is 10.00 Å². The second kappa shape index (κ2) is 8.07. The standard InChI is InChI=1S/C22H21N5O2/c1-15-12-27(14-23)13-20(15)24-22(28)19-11-18(25-26-19)17-9-5-6-10-21(17)29-16-7-3-2-4-8-16/h2-11,15,20H,12-13H2,1H3,(H,24,28)(H,25,26)/t15-,20-/m1/s1. The molecule has 3 aromatic rings. The molecule has 1 aliphatic heterocycles. The number of aromatic nitrogens is 2. The van der Waals surface area contributed by atoms with Crippen molar-refractivity contribution in [3.63, 3.8) is 0 Å². The number of H-pyrrole nitrogens is 1. The molecule has 146 valence electrons. The average Bonchev–Trinajstić information content (AvgIpc) is 3.36. The summed E-state index contributed by atoms with van der Waals surface area (Å²) in [6.45, 7) is 3.20. The topological polar surface area (TPSA) is 94.0 Å². The number of hydrogen-bond donors (Lipinski definition) is 2. The van der Waals surface area contributed by atoms with Gasteiger partial charge < -0.3 is 15.0 Å². The number of benzene rings is 2. The van der Waals surface area contributed by atoms with Gasteiger partial charge in [-0.1, -0.05) is 37.3 Å². The van der Waals surface area contributed by atoms with Gasteiger partial charge in [-0.05, 0) is 36.2 Å². The number of likely N-dealkylation sites (tertiary alicyclic amines) is 1. The third-order valence-corrected chi connectivity index (χ3v) is 5.03. The number of rotatable bonds is 5. The molecular weight excluding hydrogens is 366 g/mol. The normalized spacial score (nSPS) is 18.3. The Labute approximate surface area is 168 Å². The molecule has 1 amide bonds. The molecule has 4 rings (SSSR count).